The van der Waals surface area contributed by atoms with E-state index in [-0.39, 0.29) is 6.10 Å². The molecule has 104 valence electrons. The van der Waals surface area contributed by atoms with Crippen LogP contribution in [0.5, 0.6) is 0 Å². The predicted octanol–water partition coefficient (Wildman–Crippen LogP) is 3.22. The van der Waals surface area contributed by atoms with Gasteiger partial charge in [0.2, 0.25) is 0 Å². The molecule has 0 amide bonds. The van der Waals surface area contributed by atoms with Crippen LogP contribution in [0.15, 0.2) is 36.5 Å². The zero-order valence-corrected chi connectivity index (χ0v) is 11.9. The lowest BCUT2D eigenvalue weighted by atomic mass is 10.2. The lowest BCUT2D eigenvalue weighted by Crippen LogP contribution is -2.30. The van der Waals surface area contributed by atoms with E-state index in [1.54, 1.807) is 26.2 Å². The highest BCUT2D eigenvalue weighted by Gasteiger charge is 2.18. The van der Waals surface area contributed by atoms with E-state index in [2.05, 4.69) is 6.92 Å². The lowest BCUT2D eigenvalue weighted by molar-refractivity contribution is -0.172. The van der Waals surface area contributed by atoms with Crippen molar-refractivity contribution in [1.82, 2.24) is 0 Å². The molecule has 0 bridgehead atoms. The number of hydrogen-bond donors (Lipinski definition) is 1. The largest absolute Gasteiger partial charge is 0.379 e. The van der Waals surface area contributed by atoms with Crippen LogP contribution < -0.4 is 0 Å². The summed E-state index contributed by atoms with van der Waals surface area (Å²) in [6, 6.07) is 0. The van der Waals surface area contributed by atoms with Gasteiger partial charge in [-0.3, -0.25) is 0 Å². The van der Waals surface area contributed by atoms with E-state index in [1.165, 1.54) is 0 Å². The smallest absolute Gasteiger partial charge is 0.182 e. The molecule has 2 unspecified atom stereocenters. The van der Waals surface area contributed by atoms with Crippen LogP contribution >= 0.6 is 0 Å². The van der Waals surface area contributed by atoms with Crippen molar-refractivity contribution in [2.24, 2.45) is 0 Å². The Morgan fingerprint density at radius 3 is 2.44 bits per heavy atom. The minimum Gasteiger partial charge on any atom is -0.379 e. The van der Waals surface area contributed by atoms with Gasteiger partial charge in [0.25, 0.3) is 0 Å². The Morgan fingerprint density at radius 2 is 1.89 bits per heavy atom. The lowest BCUT2D eigenvalue weighted by Gasteiger charge is -2.23. The minimum atomic E-state index is -1.26. The second-order valence-electron chi connectivity index (χ2n) is 4.28. The topological polar surface area (TPSA) is 38.7 Å². The molecule has 0 rings (SSSR count). The molecule has 0 aliphatic carbocycles. The van der Waals surface area contributed by atoms with Crippen molar-refractivity contribution in [3.63, 3.8) is 0 Å². The molecule has 0 saturated carbocycles. The average Bonchev–Trinajstić information content (AvgIpc) is 2.34. The van der Waals surface area contributed by atoms with E-state index < -0.39 is 5.79 Å². The average molecular weight is 254 g/mol. The summed E-state index contributed by atoms with van der Waals surface area (Å²) in [5, 5.41) is 9.97. The molecule has 3 heteroatoms. The van der Waals surface area contributed by atoms with Gasteiger partial charge in [-0.05, 0) is 26.3 Å². The predicted molar refractivity (Wildman–Crippen MR) is 75.4 cm³/mol. The van der Waals surface area contributed by atoms with Crippen molar-refractivity contribution in [2.45, 2.75) is 45.5 Å². The van der Waals surface area contributed by atoms with Crippen LogP contribution in [0.1, 0.15) is 33.6 Å². The highest BCUT2D eigenvalue weighted by atomic mass is 16.6. The first-order valence-corrected chi connectivity index (χ1v) is 6.42. The van der Waals surface area contributed by atoms with E-state index in [1.807, 2.05) is 31.2 Å². The molecule has 3 nitrogen and oxygen atoms in total. The van der Waals surface area contributed by atoms with Crippen molar-refractivity contribution in [3.8, 4) is 0 Å². The zero-order chi connectivity index (χ0) is 13.9. The maximum Gasteiger partial charge on any atom is 0.182 e. The molecule has 0 aliphatic heterocycles. The van der Waals surface area contributed by atoms with E-state index >= 15 is 0 Å². The Bertz CT molecular complexity index is 277. The fraction of sp³-hybridized carbons (Fsp3) is 0.600. The third kappa shape index (κ3) is 9.16. The summed E-state index contributed by atoms with van der Waals surface area (Å²) in [5.41, 5.74) is 0. The number of rotatable bonds is 9. The Morgan fingerprint density at radius 1 is 1.22 bits per heavy atom. The van der Waals surface area contributed by atoms with Gasteiger partial charge in [0.15, 0.2) is 5.79 Å². The van der Waals surface area contributed by atoms with E-state index in [0.29, 0.717) is 6.61 Å². The zero-order valence-electron chi connectivity index (χ0n) is 11.9. The van der Waals surface area contributed by atoms with Gasteiger partial charge in [0.05, 0.1) is 12.7 Å². The first-order chi connectivity index (χ1) is 8.55. The van der Waals surface area contributed by atoms with Crippen molar-refractivity contribution in [3.05, 3.63) is 36.5 Å². The molecule has 0 saturated heterocycles. The van der Waals surface area contributed by atoms with E-state index in [0.717, 1.165) is 12.8 Å². The van der Waals surface area contributed by atoms with Gasteiger partial charge in [-0.2, -0.15) is 0 Å². The molecule has 0 spiro atoms. The van der Waals surface area contributed by atoms with Crippen LogP contribution in [0.4, 0.5) is 0 Å². The fourth-order valence-electron chi connectivity index (χ4n) is 1.37. The van der Waals surface area contributed by atoms with Crippen LogP contribution in [0.2, 0.25) is 0 Å². The van der Waals surface area contributed by atoms with Crippen molar-refractivity contribution in [2.75, 3.05) is 13.7 Å². The van der Waals surface area contributed by atoms with Gasteiger partial charge < -0.3 is 14.6 Å². The van der Waals surface area contributed by atoms with Crippen LogP contribution in [-0.4, -0.2) is 30.7 Å². The molecule has 0 heterocycles. The summed E-state index contributed by atoms with van der Waals surface area (Å²) in [6.07, 6.45) is 13.0. The van der Waals surface area contributed by atoms with Gasteiger partial charge in [-0.25, -0.2) is 0 Å². The van der Waals surface area contributed by atoms with Gasteiger partial charge in [0.1, 0.15) is 0 Å². The van der Waals surface area contributed by atoms with E-state index in [4.69, 9.17) is 9.47 Å². The molecular weight excluding hydrogens is 228 g/mol. The summed E-state index contributed by atoms with van der Waals surface area (Å²) in [4.78, 5) is 0. The fourth-order valence-corrected chi connectivity index (χ4v) is 1.37. The Labute approximate surface area is 111 Å². The Kier molecular flexibility index (Phi) is 9.56. The second-order valence-corrected chi connectivity index (χ2v) is 4.28. The highest BCUT2D eigenvalue weighted by molar-refractivity contribution is 5.12. The maximum atomic E-state index is 9.97. The number of allylic oxidation sites excluding steroid dienone is 5. The summed E-state index contributed by atoms with van der Waals surface area (Å²) in [7, 11) is 1.66. The van der Waals surface area contributed by atoms with Crippen LogP contribution in [0.25, 0.3) is 0 Å². The van der Waals surface area contributed by atoms with Crippen LogP contribution in [0.3, 0.4) is 0 Å². The van der Waals surface area contributed by atoms with Crippen LogP contribution in [-0.2, 0) is 9.47 Å². The van der Waals surface area contributed by atoms with Gasteiger partial charge in [-0.15, -0.1) is 0 Å². The number of aliphatic hydroxyl groups is 1. The third-order valence-corrected chi connectivity index (χ3v) is 2.44. The Hall–Kier alpha value is -0.900. The molecule has 1 N–H and O–H groups in total. The molecule has 0 fully saturated rings. The molecule has 0 aliphatic rings. The van der Waals surface area contributed by atoms with E-state index in [9.17, 15) is 5.11 Å². The molecular formula is C15H26O3. The third-order valence-electron chi connectivity index (χ3n) is 2.44. The van der Waals surface area contributed by atoms with Crippen molar-refractivity contribution in [1.29, 1.82) is 0 Å². The molecule has 0 radical (unpaired) electrons. The number of methoxy groups -OCH3 is 1. The standard InChI is InChI=1S/C15H26O3/c1-5-7-8-9-10-12-15(3,16)18-13-14(17-4)11-6-2/h5,7-10,12,14,16H,6,11,13H2,1-4H3/b7-5?,9-8-,12-10+. The van der Waals surface area contributed by atoms with Gasteiger partial charge in [0, 0.05) is 7.11 Å². The number of ether oxygens (including phenoxy) is 2. The van der Waals surface area contributed by atoms with Gasteiger partial charge >= 0.3 is 0 Å². The van der Waals surface area contributed by atoms with Crippen molar-refractivity contribution < 1.29 is 14.6 Å². The van der Waals surface area contributed by atoms with Gasteiger partial charge in [-0.1, -0.05) is 43.7 Å². The first-order valence-electron chi connectivity index (χ1n) is 6.42. The normalized spacial score (nSPS) is 17.8. The van der Waals surface area contributed by atoms with Crippen LogP contribution in [0, 0.1) is 0 Å². The molecule has 18 heavy (non-hydrogen) atoms. The Balaban J connectivity index is 4.12. The maximum absolute atomic E-state index is 9.97. The molecule has 0 aromatic rings. The molecule has 2 atom stereocenters. The monoisotopic (exact) mass is 254 g/mol. The van der Waals surface area contributed by atoms with Crippen molar-refractivity contribution >= 4 is 0 Å². The molecule has 0 aromatic carbocycles. The summed E-state index contributed by atoms with van der Waals surface area (Å²) < 4.78 is 10.7. The number of hydrogen-bond acceptors (Lipinski definition) is 3. The highest BCUT2D eigenvalue weighted by Crippen LogP contribution is 2.11. The summed E-state index contributed by atoms with van der Waals surface area (Å²) in [5.74, 6) is -1.26. The second kappa shape index (κ2) is 10.1. The molecule has 0 aromatic heterocycles. The SMILES string of the molecule is CC=C/C=C\C=C\C(C)(O)OCC(CCC)OC. The first kappa shape index (κ1) is 17.1. The minimum absolute atomic E-state index is 0.0356. The summed E-state index contributed by atoms with van der Waals surface area (Å²) >= 11 is 0. The summed E-state index contributed by atoms with van der Waals surface area (Å²) in [6.45, 7) is 6.05. The quantitative estimate of drug-likeness (QED) is 0.507.